The van der Waals surface area contributed by atoms with E-state index in [1.165, 1.54) is 6.26 Å². The molecule has 1 aromatic carbocycles. The Kier molecular flexibility index (Phi) is 2.55. The molecule has 5 nitrogen and oxygen atoms in total. The molecule has 0 spiro atoms. The Morgan fingerprint density at radius 3 is 2.73 bits per heavy atom. The topological polar surface area (TPSA) is 73.6 Å². The maximum atomic E-state index is 11.1. The maximum absolute atomic E-state index is 11.1. The fourth-order valence-corrected chi connectivity index (χ4v) is 1.23. The Balaban J connectivity index is 2.05. The molecule has 1 aromatic rings. The lowest BCUT2D eigenvalue weighted by molar-refractivity contribution is -0.123. The lowest BCUT2D eigenvalue weighted by Gasteiger charge is -2.10. The summed E-state index contributed by atoms with van der Waals surface area (Å²) in [5, 5.41) is 0. The summed E-state index contributed by atoms with van der Waals surface area (Å²) >= 11 is 0. The van der Waals surface area contributed by atoms with Crippen LogP contribution in [-0.2, 0) is 14.3 Å². The van der Waals surface area contributed by atoms with Crippen molar-refractivity contribution in [1.29, 1.82) is 0 Å². The van der Waals surface area contributed by atoms with Crippen LogP contribution in [0.25, 0.3) is 0 Å². The Labute approximate surface area is 86.4 Å². The summed E-state index contributed by atoms with van der Waals surface area (Å²) in [7, 11) is 0. The zero-order chi connectivity index (χ0) is 10.7. The zero-order valence-corrected chi connectivity index (χ0v) is 7.84. The van der Waals surface area contributed by atoms with Gasteiger partial charge in [-0.3, -0.25) is 10.2 Å². The number of carbonyl (C=O) groups excluding carboxylic acids is 1. The lowest BCUT2D eigenvalue weighted by Crippen LogP contribution is -2.31. The molecule has 0 bridgehead atoms. The van der Waals surface area contributed by atoms with Crippen LogP contribution in [0.1, 0.15) is 11.9 Å². The predicted octanol–water partition coefficient (Wildman–Crippen LogP) is 0.563. The van der Waals surface area contributed by atoms with Gasteiger partial charge in [0.15, 0.2) is 0 Å². The number of nitrogens with two attached hydrogens (primary N) is 1. The van der Waals surface area contributed by atoms with Gasteiger partial charge in [-0.2, -0.15) is 0 Å². The first-order chi connectivity index (χ1) is 7.31. The number of amides is 1. The molecule has 0 fully saturated rings. The highest BCUT2D eigenvalue weighted by atomic mass is 16.7. The quantitative estimate of drug-likeness (QED) is 0.421. The van der Waals surface area contributed by atoms with Gasteiger partial charge < -0.3 is 9.47 Å². The first-order valence-electron chi connectivity index (χ1n) is 4.39. The number of benzene rings is 1. The van der Waals surface area contributed by atoms with Gasteiger partial charge >= 0.3 is 5.91 Å². The van der Waals surface area contributed by atoms with Gasteiger partial charge in [-0.25, -0.2) is 5.84 Å². The van der Waals surface area contributed by atoms with Crippen molar-refractivity contribution in [3.8, 4) is 0 Å². The third-order valence-electron chi connectivity index (χ3n) is 1.96. The van der Waals surface area contributed by atoms with Gasteiger partial charge in [-0.05, 0) is 0 Å². The summed E-state index contributed by atoms with van der Waals surface area (Å²) < 4.78 is 10.4. The summed E-state index contributed by atoms with van der Waals surface area (Å²) in [6.45, 7) is 0. The van der Waals surface area contributed by atoms with Crippen LogP contribution in [0.3, 0.4) is 0 Å². The normalized spacial score (nSPS) is 18.7. The van der Waals surface area contributed by atoms with Crippen LogP contribution in [0.4, 0.5) is 0 Å². The Morgan fingerprint density at radius 2 is 2.07 bits per heavy atom. The average Bonchev–Trinajstić information content (AvgIpc) is 2.78. The molecule has 15 heavy (non-hydrogen) atoms. The number of hydrazine groups is 1. The van der Waals surface area contributed by atoms with Crippen molar-refractivity contribution in [2.45, 2.75) is 6.29 Å². The summed E-state index contributed by atoms with van der Waals surface area (Å²) in [5.41, 5.74) is 2.81. The van der Waals surface area contributed by atoms with Crippen LogP contribution in [0.15, 0.2) is 42.4 Å². The van der Waals surface area contributed by atoms with E-state index in [2.05, 4.69) is 0 Å². The Hall–Kier alpha value is -2.01. The minimum Gasteiger partial charge on any atom is -0.454 e. The molecule has 1 amide bonds. The molecule has 1 heterocycles. The molecule has 1 atom stereocenters. The van der Waals surface area contributed by atoms with Crippen molar-refractivity contribution in [3.05, 3.63) is 47.9 Å². The molecule has 0 aromatic heterocycles. The van der Waals surface area contributed by atoms with E-state index in [0.717, 1.165) is 5.56 Å². The van der Waals surface area contributed by atoms with Gasteiger partial charge in [0.05, 0.1) is 0 Å². The molecule has 0 saturated carbocycles. The summed E-state index contributed by atoms with van der Waals surface area (Å²) in [4.78, 5) is 11.1. The minimum atomic E-state index is -0.571. The minimum absolute atomic E-state index is 0.0753. The van der Waals surface area contributed by atoms with Crippen molar-refractivity contribution >= 4 is 5.91 Å². The standard InChI is InChI=1S/C10H10N2O3/c11-12-9(13)8-6-14-10(15-8)7-4-2-1-3-5-7/h1-6,10H,11H2,(H,12,13). The van der Waals surface area contributed by atoms with Crippen molar-refractivity contribution in [1.82, 2.24) is 5.43 Å². The number of carbonyl (C=O) groups is 1. The largest absolute Gasteiger partial charge is 0.454 e. The molecular formula is C10H10N2O3. The first-order valence-corrected chi connectivity index (χ1v) is 4.39. The highest BCUT2D eigenvalue weighted by Gasteiger charge is 2.25. The third-order valence-corrected chi connectivity index (χ3v) is 1.96. The SMILES string of the molecule is NNC(=O)C1=COC(c2ccccc2)O1. The van der Waals surface area contributed by atoms with Crippen LogP contribution in [-0.4, -0.2) is 5.91 Å². The fourth-order valence-electron chi connectivity index (χ4n) is 1.23. The number of nitrogens with one attached hydrogen (secondary N) is 1. The zero-order valence-electron chi connectivity index (χ0n) is 7.84. The van der Waals surface area contributed by atoms with Crippen LogP contribution in [0.2, 0.25) is 0 Å². The van der Waals surface area contributed by atoms with Crippen LogP contribution < -0.4 is 11.3 Å². The van der Waals surface area contributed by atoms with Crippen LogP contribution in [0.5, 0.6) is 0 Å². The van der Waals surface area contributed by atoms with Gasteiger partial charge in [-0.15, -0.1) is 0 Å². The van der Waals surface area contributed by atoms with Gasteiger partial charge in [0.1, 0.15) is 6.26 Å². The van der Waals surface area contributed by atoms with Crippen molar-refractivity contribution in [2.24, 2.45) is 5.84 Å². The maximum Gasteiger partial charge on any atom is 0.303 e. The second-order valence-corrected chi connectivity index (χ2v) is 2.95. The summed E-state index contributed by atoms with van der Waals surface area (Å²) in [5.74, 6) is 4.53. The molecule has 1 aliphatic heterocycles. The lowest BCUT2D eigenvalue weighted by atomic mass is 10.2. The Bertz CT molecular complexity index is 389. The number of hydrogen-bond donors (Lipinski definition) is 2. The molecule has 0 saturated heterocycles. The molecule has 0 aliphatic carbocycles. The molecule has 78 valence electrons. The smallest absolute Gasteiger partial charge is 0.303 e. The monoisotopic (exact) mass is 206 g/mol. The van der Waals surface area contributed by atoms with E-state index in [1.807, 2.05) is 35.8 Å². The van der Waals surface area contributed by atoms with Crippen molar-refractivity contribution in [3.63, 3.8) is 0 Å². The second kappa shape index (κ2) is 4.02. The average molecular weight is 206 g/mol. The van der Waals surface area contributed by atoms with Crippen LogP contribution in [0, 0.1) is 0 Å². The first kappa shape index (κ1) is 9.54. The van der Waals surface area contributed by atoms with E-state index < -0.39 is 12.2 Å². The number of hydrogen-bond acceptors (Lipinski definition) is 4. The highest BCUT2D eigenvalue weighted by molar-refractivity contribution is 5.90. The number of rotatable bonds is 2. The molecule has 2 rings (SSSR count). The predicted molar refractivity (Wildman–Crippen MR) is 51.8 cm³/mol. The molecule has 5 heteroatoms. The second-order valence-electron chi connectivity index (χ2n) is 2.95. The van der Waals surface area contributed by atoms with E-state index >= 15 is 0 Å². The van der Waals surface area contributed by atoms with E-state index in [1.54, 1.807) is 0 Å². The van der Waals surface area contributed by atoms with Crippen LogP contribution >= 0.6 is 0 Å². The van der Waals surface area contributed by atoms with Gasteiger partial charge in [0.2, 0.25) is 5.76 Å². The third kappa shape index (κ3) is 1.92. The van der Waals surface area contributed by atoms with E-state index in [-0.39, 0.29) is 5.76 Å². The van der Waals surface area contributed by atoms with Gasteiger partial charge in [0, 0.05) is 5.56 Å². The van der Waals surface area contributed by atoms with E-state index in [4.69, 9.17) is 15.3 Å². The van der Waals surface area contributed by atoms with E-state index in [0.29, 0.717) is 0 Å². The molecular weight excluding hydrogens is 196 g/mol. The number of ether oxygens (including phenoxy) is 2. The molecule has 0 radical (unpaired) electrons. The molecule has 3 N–H and O–H groups in total. The van der Waals surface area contributed by atoms with Gasteiger partial charge in [-0.1, -0.05) is 30.3 Å². The highest BCUT2D eigenvalue weighted by Crippen LogP contribution is 2.27. The summed E-state index contributed by atoms with van der Waals surface area (Å²) in [6.07, 6.45) is 0.679. The van der Waals surface area contributed by atoms with E-state index in [9.17, 15) is 4.79 Å². The van der Waals surface area contributed by atoms with Crippen molar-refractivity contribution in [2.75, 3.05) is 0 Å². The fraction of sp³-hybridized carbons (Fsp3) is 0.100. The molecule has 1 aliphatic rings. The van der Waals surface area contributed by atoms with Gasteiger partial charge in [0.25, 0.3) is 6.29 Å². The summed E-state index contributed by atoms with van der Waals surface area (Å²) in [6, 6.07) is 9.31. The molecule has 1 unspecified atom stereocenters. The van der Waals surface area contributed by atoms with Crippen molar-refractivity contribution < 1.29 is 14.3 Å². The Morgan fingerprint density at radius 1 is 1.33 bits per heavy atom.